The number of carbonyl (C=O) groups excluding carboxylic acids is 2. The maximum atomic E-state index is 15.8. The number of hydrogen-bond donors (Lipinski definition) is 0. The standard InChI is InChI=1S/C54H86N2O2S2.2C4H9.2Sn/c1-5-9-13-17-21-23-27-31-37-45(35-29-25-19-15-11-7-3)43-55-51(47-39-33-41-59-47)49-50(53(55)57)52(48-40-34-42-60-48)56(54(49)58)44-46(36-30-26-20-16-12-8-4)38-32-28-24-22-18-14-10-6-2;2*1-4(2)3;;/h33-34,39-40,45-46H,5-32,35-38,43-44H2,1-4H3;2*1-3H3;;. The number of rotatable bonds is 40. The van der Waals surface area contributed by atoms with E-state index in [0.29, 0.717) is 18.7 Å². The Morgan fingerprint density at radius 2 is 0.657 bits per heavy atom. The van der Waals surface area contributed by atoms with Crippen molar-refractivity contribution < 1.29 is 9.59 Å². The van der Waals surface area contributed by atoms with Gasteiger partial charge in [-0.2, -0.15) is 0 Å². The summed E-state index contributed by atoms with van der Waals surface area (Å²) >= 11 is 2.05. The molecule has 2 aliphatic heterocycles. The van der Waals surface area contributed by atoms with Crippen LogP contribution in [0.25, 0.3) is 11.4 Å². The molecule has 2 unspecified atom stereocenters. The number of unbranched alkanes of at least 4 members (excludes halogenated alkanes) is 24. The Morgan fingerprint density at radius 3 is 0.914 bits per heavy atom. The average Bonchev–Trinajstić information content (AvgIpc) is 4.08. The molecule has 0 aromatic carbocycles. The number of carbonyl (C=O) groups is 2. The molecule has 2 amide bonds. The molecule has 0 aliphatic carbocycles. The van der Waals surface area contributed by atoms with E-state index in [9.17, 15) is 0 Å². The van der Waals surface area contributed by atoms with E-state index in [-0.39, 0.29) is 11.8 Å². The average molecular weight is 1210 g/mol. The number of nitrogens with zero attached hydrogens (tertiary/aromatic N) is 2. The van der Waals surface area contributed by atoms with E-state index in [1.807, 2.05) is 22.7 Å². The molecule has 4 radical (unpaired) electrons. The molecular weight excluding hydrogens is 1110 g/mol. The molecule has 4 nitrogen and oxygen atoms in total. The Morgan fingerprint density at radius 1 is 0.400 bits per heavy atom. The molecule has 2 aromatic heterocycles. The minimum atomic E-state index is -0.883. The van der Waals surface area contributed by atoms with Crippen LogP contribution in [-0.2, 0) is 9.59 Å². The first-order chi connectivity index (χ1) is 33.7. The summed E-state index contributed by atoms with van der Waals surface area (Å²) in [7, 11) is 0. The summed E-state index contributed by atoms with van der Waals surface area (Å²) in [5, 5.41) is 0. The van der Waals surface area contributed by atoms with Crippen molar-refractivity contribution in [3.05, 3.63) is 45.2 Å². The van der Waals surface area contributed by atoms with Gasteiger partial charge in [-0.1, -0.05) is 105 Å². The van der Waals surface area contributed by atoms with Crippen molar-refractivity contribution in [3.8, 4) is 0 Å². The molecule has 0 fully saturated rings. The molecule has 8 heteroatoms. The van der Waals surface area contributed by atoms with Gasteiger partial charge in [0.25, 0.3) is 0 Å². The van der Waals surface area contributed by atoms with E-state index in [4.69, 9.17) is 0 Å². The van der Waals surface area contributed by atoms with E-state index in [1.54, 1.807) is 0 Å². The Kier molecular flexibility index (Phi) is 30.2. The van der Waals surface area contributed by atoms with Gasteiger partial charge in [0.05, 0.1) is 0 Å². The van der Waals surface area contributed by atoms with E-state index in [0.717, 1.165) is 45.4 Å². The first-order valence-corrected chi connectivity index (χ1v) is 36.9. The summed E-state index contributed by atoms with van der Waals surface area (Å²) < 4.78 is 3.65. The fraction of sp³-hybridized carbons (Fsp3) is 0.774. The Balaban J connectivity index is 1.76. The Hall–Kier alpha value is -0.583. The van der Waals surface area contributed by atoms with Crippen molar-refractivity contribution in [2.75, 3.05) is 13.1 Å². The van der Waals surface area contributed by atoms with Crippen LogP contribution in [-0.4, -0.2) is 77.0 Å². The molecule has 0 N–H and O–H groups in total. The van der Waals surface area contributed by atoms with E-state index >= 15 is 9.59 Å². The van der Waals surface area contributed by atoms with Gasteiger partial charge in [-0.3, -0.25) is 0 Å². The van der Waals surface area contributed by atoms with Crippen LogP contribution >= 0.6 is 22.7 Å². The molecule has 0 saturated carbocycles. The van der Waals surface area contributed by atoms with Crippen LogP contribution in [0.15, 0.2) is 35.4 Å². The Labute approximate surface area is 461 Å². The third-order valence-electron chi connectivity index (χ3n) is 14.6. The topological polar surface area (TPSA) is 40.6 Å². The normalized spacial score (nSPS) is 15.4. The first-order valence-electron chi connectivity index (χ1n) is 29.6. The molecule has 2 aliphatic rings. The molecular formula is C62H104N2O2S2Sn2. The fourth-order valence-electron chi connectivity index (χ4n) is 10.8. The molecule has 0 saturated heterocycles. The molecule has 4 rings (SSSR count). The number of amides is 2. The third-order valence-corrected chi connectivity index (χ3v) is 26.2. The second-order valence-corrected chi connectivity index (χ2v) is 41.0. The van der Waals surface area contributed by atoms with E-state index < -0.39 is 42.3 Å². The van der Waals surface area contributed by atoms with Gasteiger partial charge in [-0.25, -0.2) is 0 Å². The second-order valence-electron chi connectivity index (χ2n) is 23.7. The van der Waals surface area contributed by atoms with Crippen LogP contribution in [0.5, 0.6) is 0 Å². The van der Waals surface area contributed by atoms with Gasteiger partial charge in [0.2, 0.25) is 0 Å². The third kappa shape index (κ3) is 22.3. The van der Waals surface area contributed by atoms with Crippen LogP contribution in [0, 0.1) is 11.8 Å². The molecule has 4 heterocycles. The minimum absolute atomic E-state index is 0.104. The monoisotopic (exact) mass is 1210 g/mol. The van der Waals surface area contributed by atoms with Crippen LogP contribution in [0.1, 0.15) is 284 Å². The number of fused-ring (bicyclic) bond motifs is 1. The second kappa shape index (κ2) is 34.2. The van der Waals surface area contributed by atoms with Crippen molar-refractivity contribution in [3.63, 3.8) is 0 Å². The van der Waals surface area contributed by atoms with E-state index in [1.165, 1.54) is 211 Å². The fourth-order valence-corrected chi connectivity index (χ4v) is 24.6. The van der Waals surface area contributed by atoms with Crippen LogP contribution in [0.4, 0.5) is 0 Å². The molecule has 2 aromatic rings. The summed E-state index contributed by atoms with van der Waals surface area (Å²) in [5.41, 5.74) is 3.38. The van der Waals surface area contributed by atoms with E-state index in [2.05, 4.69) is 103 Å². The van der Waals surface area contributed by atoms with Gasteiger partial charge in [0.1, 0.15) is 0 Å². The van der Waals surface area contributed by atoms with Gasteiger partial charge in [-0.05, 0) is 0 Å². The van der Waals surface area contributed by atoms with Crippen LogP contribution in [0.3, 0.4) is 0 Å². The van der Waals surface area contributed by atoms with Crippen molar-refractivity contribution in [2.45, 2.75) is 282 Å². The zero-order chi connectivity index (χ0) is 50.8. The molecule has 0 bridgehead atoms. The van der Waals surface area contributed by atoms with Crippen LogP contribution < -0.4 is 5.79 Å². The van der Waals surface area contributed by atoms with Gasteiger partial charge in [-0.15, -0.1) is 0 Å². The van der Waals surface area contributed by atoms with Gasteiger partial charge in [0, 0.05) is 0 Å². The predicted octanol–water partition coefficient (Wildman–Crippen LogP) is 18.5. The SMILES string of the molecule is CCCCCCCCCCC(CCCCCCCC)CN1C(=O)C2=C(c3cc[c]([Sn][C](C)(C)C)s3)N(CC(CCCCCCCC)CCCCCCCCCC)C(=O)C2=C1c1cc[c]([Sn][C](C)(C)C)s1. The van der Waals surface area contributed by atoms with Crippen molar-refractivity contribution in [1.82, 2.24) is 9.80 Å². The summed E-state index contributed by atoms with van der Waals surface area (Å²) in [6.45, 7) is 25.0. The molecule has 0 spiro atoms. The molecule has 70 heavy (non-hydrogen) atoms. The predicted molar refractivity (Wildman–Crippen MR) is 314 cm³/mol. The number of thiophene rings is 2. The summed E-state index contributed by atoms with van der Waals surface area (Å²) in [6.07, 6.45) is 41.4. The van der Waals surface area contributed by atoms with Crippen molar-refractivity contribution in [1.29, 1.82) is 0 Å². The molecule has 2 atom stereocenters. The first kappa shape index (κ1) is 62.0. The van der Waals surface area contributed by atoms with Gasteiger partial charge < -0.3 is 0 Å². The number of hydrogen-bond acceptors (Lipinski definition) is 4. The molecule has 394 valence electrons. The Bertz CT molecular complexity index is 1710. The van der Waals surface area contributed by atoms with Crippen molar-refractivity contribution >= 4 is 94.0 Å². The summed E-state index contributed by atoms with van der Waals surface area (Å²) in [6, 6.07) is 9.34. The zero-order valence-corrected chi connectivity index (χ0v) is 54.4. The summed E-state index contributed by atoms with van der Waals surface area (Å²) in [4.78, 5) is 38.3. The maximum absolute atomic E-state index is 15.8. The van der Waals surface area contributed by atoms with Gasteiger partial charge >= 0.3 is 360 Å². The summed E-state index contributed by atoms with van der Waals surface area (Å²) in [5.74, 6) is 1.08. The zero-order valence-electron chi connectivity index (χ0n) is 47.0. The quantitative estimate of drug-likeness (QED) is 0.0493. The van der Waals surface area contributed by atoms with Gasteiger partial charge in [0.15, 0.2) is 0 Å². The van der Waals surface area contributed by atoms with Crippen molar-refractivity contribution in [2.24, 2.45) is 11.8 Å². The van der Waals surface area contributed by atoms with Crippen LogP contribution in [0.2, 0.25) is 6.86 Å².